The van der Waals surface area contributed by atoms with Crippen LogP contribution in [-0.2, 0) is 5.54 Å². The van der Waals surface area contributed by atoms with Crippen LogP contribution in [0.1, 0.15) is 45.5 Å². The maximum atomic E-state index is 9.55. The zero-order valence-electron chi connectivity index (χ0n) is 11.3. The van der Waals surface area contributed by atoms with Crippen LogP contribution < -0.4 is 5.32 Å². The van der Waals surface area contributed by atoms with Crippen LogP contribution in [0.5, 0.6) is 0 Å². The summed E-state index contributed by atoms with van der Waals surface area (Å²) >= 11 is 1.67. The fourth-order valence-electron chi connectivity index (χ4n) is 1.80. The topological polar surface area (TPSA) is 45.1 Å². The minimum atomic E-state index is -0.126. The lowest BCUT2D eigenvalue weighted by molar-refractivity contribution is 0.104. The van der Waals surface area contributed by atoms with Crippen molar-refractivity contribution in [3.05, 3.63) is 16.6 Å². The second kappa shape index (κ2) is 5.94. The molecular weight excluding hydrogens is 232 g/mol. The highest BCUT2D eigenvalue weighted by molar-refractivity contribution is 7.09. The molecule has 0 aliphatic heterocycles. The fraction of sp³-hybridized carbons (Fsp3) is 0.769. The number of nitrogens with one attached hydrogen (secondary N) is 1. The summed E-state index contributed by atoms with van der Waals surface area (Å²) in [5.74, 6) is 0. The van der Waals surface area contributed by atoms with Crippen molar-refractivity contribution in [2.75, 3.05) is 13.2 Å². The van der Waals surface area contributed by atoms with Gasteiger partial charge >= 0.3 is 0 Å². The quantitative estimate of drug-likeness (QED) is 0.788. The molecule has 1 rings (SSSR count). The van der Waals surface area contributed by atoms with E-state index in [-0.39, 0.29) is 17.6 Å². The highest BCUT2D eigenvalue weighted by atomic mass is 32.1. The van der Waals surface area contributed by atoms with E-state index < -0.39 is 0 Å². The van der Waals surface area contributed by atoms with E-state index in [4.69, 9.17) is 0 Å². The summed E-state index contributed by atoms with van der Waals surface area (Å²) in [6.45, 7) is 9.61. The van der Waals surface area contributed by atoms with Crippen molar-refractivity contribution in [2.24, 2.45) is 5.41 Å². The Kier molecular flexibility index (Phi) is 5.10. The minimum absolute atomic E-state index is 0.00543. The first-order valence-electron chi connectivity index (χ1n) is 6.25. The predicted octanol–water partition coefficient (Wildman–Crippen LogP) is 2.77. The third-order valence-electron chi connectivity index (χ3n) is 3.71. The van der Waals surface area contributed by atoms with E-state index in [2.05, 4.69) is 38.0 Å². The first kappa shape index (κ1) is 14.6. The molecule has 2 N–H and O–H groups in total. The molecule has 3 nitrogen and oxygen atoms in total. The minimum Gasteiger partial charge on any atom is -0.396 e. The molecule has 98 valence electrons. The second-order valence-electron chi connectivity index (χ2n) is 5.18. The van der Waals surface area contributed by atoms with Crippen molar-refractivity contribution in [2.45, 2.75) is 46.1 Å². The fourth-order valence-corrected chi connectivity index (χ4v) is 2.53. The van der Waals surface area contributed by atoms with Gasteiger partial charge in [-0.05, 0) is 26.7 Å². The molecule has 17 heavy (non-hydrogen) atoms. The Morgan fingerprint density at radius 1 is 1.35 bits per heavy atom. The van der Waals surface area contributed by atoms with Gasteiger partial charge in [0.1, 0.15) is 5.01 Å². The number of thiazole rings is 1. The zero-order valence-corrected chi connectivity index (χ0v) is 12.1. The van der Waals surface area contributed by atoms with E-state index in [0.29, 0.717) is 0 Å². The van der Waals surface area contributed by atoms with Crippen LogP contribution in [0.4, 0.5) is 0 Å². The van der Waals surface area contributed by atoms with E-state index in [0.717, 1.165) is 24.4 Å². The van der Waals surface area contributed by atoms with Crippen molar-refractivity contribution in [1.29, 1.82) is 0 Å². The molecule has 1 heterocycles. The van der Waals surface area contributed by atoms with E-state index in [9.17, 15) is 5.11 Å². The summed E-state index contributed by atoms with van der Waals surface area (Å²) < 4.78 is 0. The van der Waals surface area contributed by atoms with E-state index in [1.54, 1.807) is 11.3 Å². The molecule has 1 aromatic heterocycles. The Balaban J connectivity index is 2.66. The zero-order chi connectivity index (χ0) is 12.9. The summed E-state index contributed by atoms with van der Waals surface area (Å²) in [6.07, 6.45) is 3.81. The molecule has 0 radical (unpaired) electrons. The van der Waals surface area contributed by atoms with E-state index in [1.165, 1.54) is 0 Å². The first-order chi connectivity index (χ1) is 7.99. The lowest BCUT2D eigenvalue weighted by Gasteiger charge is -2.34. The van der Waals surface area contributed by atoms with Gasteiger partial charge in [0.25, 0.3) is 0 Å². The highest BCUT2D eigenvalue weighted by Gasteiger charge is 2.30. The number of rotatable bonds is 7. The van der Waals surface area contributed by atoms with Gasteiger partial charge in [0, 0.05) is 30.1 Å². The monoisotopic (exact) mass is 256 g/mol. The van der Waals surface area contributed by atoms with Crippen LogP contribution in [0.2, 0.25) is 0 Å². The largest absolute Gasteiger partial charge is 0.396 e. The smallest absolute Gasteiger partial charge is 0.112 e. The lowest BCUT2D eigenvalue weighted by Crippen LogP contribution is -2.45. The van der Waals surface area contributed by atoms with Crippen LogP contribution >= 0.6 is 11.3 Å². The van der Waals surface area contributed by atoms with Gasteiger partial charge < -0.3 is 10.4 Å². The molecule has 0 aliphatic carbocycles. The van der Waals surface area contributed by atoms with Crippen LogP contribution in [0.15, 0.2) is 11.6 Å². The van der Waals surface area contributed by atoms with Crippen LogP contribution in [0.25, 0.3) is 0 Å². The number of hydrogen-bond acceptors (Lipinski definition) is 4. The van der Waals surface area contributed by atoms with E-state index >= 15 is 0 Å². The van der Waals surface area contributed by atoms with E-state index in [1.807, 2.05) is 11.6 Å². The lowest BCUT2D eigenvalue weighted by atomic mass is 9.82. The maximum absolute atomic E-state index is 9.55. The summed E-state index contributed by atoms with van der Waals surface area (Å²) in [7, 11) is 0. The predicted molar refractivity (Wildman–Crippen MR) is 73.2 cm³/mol. The summed E-state index contributed by atoms with van der Waals surface area (Å²) in [5.41, 5.74) is -0.131. The van der Waals surface area contributed by atoms with Crippen molar-refractivity contribution >= 4 is 11.3 Å². The van der Waals surface area contributed by atoms with Gasteiger partial charge in [0.05, 0.1) is 5.54 Å². The normalized spacial score (nSPS) is 13.0. The van der Waals surface area contributed by atoms with Crippen molar-refractivity contribution in [3.8, 4) is 0 Å². The molecule has 0 amide bonds. The van der Waals surface area contributed by atoms with Gasteiger partial charge in [0.2, 0.25) is 0 Å². The number of nitrogens with zero attached hydrogens (tertiary/aromatic N) is 1. The van der Waals surface area contributed by atoms with Gasteiger partial charge in [-0.15, -0.1) is 11.3 Å². The Morgan fingerprint density at radius 2 is 2.00 bits per heavy atom. The van der Waals surface area contributed by atoms with Gasteiger partial charge in [-0.25, -0.2) is 4.98 Å². The molecule has 0 saturated heterocycles. The molecule has 0 spiro atoms. The van der Waals surface area contributed by atoms with Crippen LogP contribution in [-0.4, -0.2) is 23.2 Å². The molecule has 0 unspecified atom stereocenters. The molecular formula is C13H24N2OS. The number of hydrogen-bond donors (Lipinski definition) is 2. The number of aliphatic hydroxyl groups is 1. The third-order valence-corrected chi connectivity index (χ3v) is 4.80. The second-order valence-corrected chi connectivity index (χ2v) is 6.08. The Morgan fingerprint density at radius 3 is 2.41 bits per heavy atom. The molecule has 0 saturated carbocycles. The molecule has 0 bridgehead atoms. The molecule has 0 aliphatic rings. The summed E-state index contributed by atoms with van der Waals surface area (Å²) in [4.78, 5) is 4.36. The van der Waals surface area contributed by atoms with Gasteiger partial charge in [-0.3, -0.25) is 0 Å². The van der Waals surface area contributed by atoms with Gasteiger partial charge in [-0.2, -0.15) is 0 Å². The average molecular weight is 256 g/mol. The molecule has 1 aromatic rings. The Labute approximate surface area is 108 Å². The molecule has 0 atom stereocenters. The summed E-state index contributed by atoms with van der Waals surface area (Å²) in [6, 6.07) is 0. The van der Waals surface area contributed by atoms with Gasteiger partial charge in [-0.1, -0.05) is 13.8 Å². The number of aliphatic hydroxyl groups excluding tert-OH is 1. The van der Waals surface area contributed by atoms with Gasteiger partial charge in [0.15, 0.2) is 0 Å². The molecule has 4 heteroatoms. The van der Waals surface area contributed by atoms with Crippen molar-refractivity contribution in [1.82, 2.24) is 10.3 Å². The Bertz CT molecular complexity index is 310. The third kappa shape index (κ3) is 3.50. The SMILES string of the molecule is CCC(CC)(CO)CNC(C)(C)c1nccs1. The average Bonchev–Trinajstić information content (AvgIpc) is 2.86. The summed E-state index contributed by atoms with van der Waals surface area (Å²) in [5, 5.41) is 16.2. The number of aromatic nitrogens is 1. The highest BCUT2D eigenvalue weighted by Crippen LogP contribution is 2.28. The van der Waals surface area contributed by atoms with Crippen LogP contribution in [0, 0.1) is 5.41 Å². The van der Waals surface area contributed by atoms with Crippen molar-refractivity contribution in [3.63, 3.8) is 0 Å². The first-order valence-corrected chi connectivity index (χ1v) is 7.13. The van der Waals surface area contributed by atoms with Crippen LogP contribution in [0.3, 0.4) is 0 Å². The molecule has 0 aromatic carbocycles. The standard InChI is InChI=1S/C13H24N2OS/c1-5-13(6-2,10-16)9-15-12(3,4)11-14-7-8-17-11/h7-8,15-16H,5-6,9-10H2,1-4H3. The Hall–Kier alpha value is -0.450. The molecule has 0 fully saturated rings. The van der Waals surface area contributed by atoms with Crippen molar-refractivity contribution < 1.29 is 5.11 Å². The maximum Gasteiger partial charge on any atom is 0.112 e.